The van der Waals surface area contributed by atoms with Crippen molar-refractivity contribution < 1.29 is 9.53 Å². The Morgan fingerprint density at radius 1 is 1.38 bits per heavy atom. The summed E-state index contributed by atoms with van der Waals surface area (Å²) in [6.07, 6.45) is 2.34. The lowest BCUT2D eigenvalue weighted by Crippen LogP contribution is -2.35. The van der Waals surface area contributed by atoms with Gasteiger partial charge in [-0.15, -0.1) is 0 Å². The molecule has 0 unspecified atom stereocenters. The minimum Gasteiger partial charge on any atom is -0.489 e. The van der Waals surface area contributed by atoms with Gasteiger partial charge in [-0.3, -0.25) is 9.59 Å². The van der Waals surface area contributed by atoms with Crippen LogP contribution in [0.1, 0.15) is 12.8 Å². The van der Waals surface area contributed by atoms with E-state index in [2.05, 4.69) is 9.97 Å². The average Bonchev–Trinajstić information content (AvgIpc) is 2.30. The number of rotatable bonds is 2. The van der Waals surface area contributed by atoms with Gasteiger partial charge >= 0.3 is 0 Å². The van der Waals surface area contributed by atoms with Gasteiger partial charge in [0.2, 0.25) is 5.75 Å². The van der Waals surface area contributed by atoms with Crippen LogP contribution in [0.2, 0.25) is 0 Å². The first kappa shape index (κ1) is 10.7. The van der Waals surface area contributed by atoms with Gasteiger partial charge in [0, 0.05) is 25.9 Å². The number of carbonyl (C=O) groups excluding carboxylic acids is 1. The summed E-state index contributed by atoms with van der Waals surface area (Å²) < 4.78 is 5.02. The van der Waals surface area contributed by atoms with Gasteiger partial charge < -0.3 is 14.6 Å². The molecular formula is C10H13N3O3. The third-order valence-electron chi connectivity index (χ3n) is 2.62. The standard InChI is InChI=1S/C10H13N3O3/c1-16-8-9(11-6-12-10(8)15)13-4-2-7(14)3-5-13/h6H,2-5H2,1H3,(H,11,12,15). The number of ether oxygens (including phenoxy) is 1. The third kappa shape index (κ3) is 1.91. The first-order chi connectivity index (χ1) is 7.72. The number of aromatic amines is 1. The molecule has 2 rings (SSSR count). The molecule has 6 nitrogen and oxygen atoms in total. The van der Waals surface area contributed by atoms with Gasteiger partial charge in [-0.05, 0) is 0 Å². The Morgan fingerprint density at radius 2 is 2.06 bits per heavy atom. The fourth-order valence-electron chi connectivity index (χ4n) is 1.75. The Labute approximate surface area is 92.3 Å². The smallest absolute Gasteiger partial charge is 0.295 e. The number of hydrogen-bond acceptors (Lipinski definition) is 5. The molecule has 1 aliphatic rings. The van der Waals surface area contributed by atoms with Crippen molar-refractivity contribution >= 4 is 11.6 Å². The van der Waals surface area contributed by atoms with Crippen LogP contribution in [-0.4, -0.2) is 36.0 Å². The zero-order valence-electron chi connectivity index (χ0n) is 9.02. The molecule has 1 aliphatic heterocycles. The lowest BCUT2D eigenvalue weighted by Gasteiger charge is -2.27. The molecule has 0 radical (unpaired) electrons. The second-order valence-electron chi connectivity index (χ2n) is 3.61. The minimum absolute atomic E-state index is 0.205. The number of aromatic nitrogens is 2. The van der Waals surface area contributed by atoms with E-state index in [9.17, 15) is 9.59 Å². The SMILES string of the molecule is COc1c(N2CCC(=O)CC2)nc[nH]c1=O. The second-order valence-corrected chi connectivity index (χ2v) is 3.61. The molecule has 0 spiro atoms. The largest absolute Gasteiger partial charge is 0.489 e. The molecule has 0 amide bonds. The fraction of sp³-hybridized carbons (Fsp3) is 0.500. The highest BCUT2D eigenvalue weighted by atomic mass is 16.5. The van der Waals surface area contributed by atoms with Crippen molar-refractivity contribution in [3.63, 3.8) is 0 Å². The first-order valence-corrected chi connectivity index (χ1v) is 5.10. The predicted molar refractivity (Wildman–Crippen MR) is 57.9 cm³/mol. The number of nitrogens with one attached hydrogen (secondary N) is 1. The molecule has 1 aromatic heterocycles. The molecule has 86 valence electrons. The van der Waals surface area contributed by atoms with E-state index in [1.165, 1.54) is 13.4 Å². The summed E-state index contributed by atoms with van der Waals surface area (Å²) in [6.45, 7) is 1.18. The quantitative estimate of drug-likeness (QED) is 0.760. The summed E-state index contributed by atoms with van der Waals surface area (Å²) in [5.41, 5.74) is -0.301. The summed E-state index contributed by atoms with van der Waals surface area (Å²) in [4.78, 5) is 31.0. The Balaban J connectivity index is 2.30. The van der Waals surface area contributed by atoms with E-state index in [0.29, 0.717) is 31.7 Å². The summed E-state index contributed by atoms with van der Waals surface area (Å²) >= 11 is 0. The first-order valence-electron chi connectivity index (χ1n) is 5.10. The van der Waals surface area contributed by atoms with Crippen molar-refractivity contribution in [3.05, 3.63) is 16.7 Å². The van der Waals surface area contributed by atoms with Crippen molar-refractivity contribution in [1.29, 1.82) is 0 Å². The van der Waals surface area contributed by atoms with Crippen LogP contribution < -0.4 is 15.2 Å². The highest BCUT2D eigenvalue weighted by Crippen LogP contribution is 2.22. The van der Waals surface area contributed by atoms with E-state index in [4.69, 9.17) is 4.74 Å². The van der Waals surface area contributed by atoms with Gasteiger partial charge in [-0.25, -0.2) is 4.98 Å². The van der Waals surface area contributed by atoms with Crippen LogP contribution in [0.25, 0.3) is 0 Å². The fourth-order valence-corrected chi connectivity index (χ4v) is 1.75. The molecule has 0 aromatic carbocycles. The van der Waals surface area contributed by atoms with Gasteiger partial charge in [0.15, 0.2) is 5.82 Å². The van der Waals surface area contributed by atoms with Crippen LogP contribution in [0.15, 0.2) is 11.1 Å². The number of carbonyl (C=O) groups is 1. The number of piperidine rings is 1. The predicted octanol–water partition coefficient (Wildman–Crippen LogP) is -0.0522. The summed E-state index contributed by atoms with van der Waals surface area (Å²) in [5.74, 6) is 0.968. The number of ketones is 1. The van der Waals surface area contributed by atoms with Gasteiger partial charge in [0.1, 0.15) is 5.78 Å². The van der Waals surface area contributed by atoms with Crippen molar-refractivity contribution in [2.75, 3.05) is 25.1 Å². The van der Waals surface area contributed by atoms with E-state index in [0.717, 1.165) is 0 Å². The van der Waals surface area contributed by atoms with Gasteiger partial charge in [0.25, 0.3) is 5.56 Å². The van der Waals surface area contributed by atoms with Crippen LogP contribution in [-0.2, 0) is 4.79 Å². The van der Waals surface area contributed by atoms with E-state index >= 15 is 0 Å². The average molecular weight is 223 g/mol. The minimum atomic E-state index is -0.301. The summed E-state index contributed by atoms with van der Waals surface area (Å²) in [6, 6.07) is 0. The maximum absolute atomic E-state index is 11.5. The number of H-pyrrole nitrogens is 1. The molecule has 16 heavy (non-hydrogen) atoms. The molecule has 1 N–H and O–H groups in total. The van der Waals surface area contributed by atoms with E-state index in [-0.39, 0.29) is 17.1 Å². The lowest BCUT2D eigenvalue weighted by atomic mass is 10.1. The van der Waals surface area contributed by atoms with E-state index in [1.54, 1.807) is 0 Å². The molecule has 1 aromatic rings. The molecule has 0 aliphatic carbocycles. The van der Waals surface area contributed by atoms with Gasteiger partial charge in [-0.1, -0.05) is 0 Å². The summed E-state index contributed by atoms with van der Waals surface area (Å²) in [5, 5.41) is 0. The van der Waals surface area contributed by atoms with Crippen molar-refractivity contribution in [3.8, 4) is 5.75 Å². The molecule has 0 atom stereocenters. The van der Waals surface area contributed by atoms with Crippen molar-refractivity contribution in [1.82, 2.24) is 9.97 Å². The van der Waals surface area contributed by atoms with Crippen LogP contribution in [0.3, 0.4) is 0 Å². The Hall–Kier alpha value is -1.85. The molecule has 1 saturated heterocycles. The number of anilines is 1. The van der Waals surface area contributed by atoms with Crippen molar-refractivity contribution in [2.24, 2.45) is 0 Å². The highest BCUT2D eigenvalue weighted by molar-refractivity contribution is 5.81. The zero-order valence-corrected chi connectivity index (χ0v) is 9.02. The van der Waals surface area contributed by atoms with Crippen LogP contribution in [0, 0.1) is 0 Å². The van der Waals surface area contributed by atoms with Gasteiger partial charge in [-0.2, -0.15) is 0 Å². The van der Waals surface area contributed by atoms with Crippen molar-refractivity contribution in [2.45, 2.75) is 12.8 Å². The molecular weight excluding hydrogens is 210 g/mol. The molecule has 6 heteroatoms. The monoisotopic (exact) mass is 223 g/mol. The molecule has 2 heterocycles. The number of hydrogen-bond donors (Lipinski definition) is 1. The second kappa shape index (κ2) is 4.34. The summed E-state index contributed by atoms with van der Waals surface area (Å²) in [7, 11) is 1.44. The van der Waals surface area contributed by atoms with E-state index < -0.39 is 0 Å². The topological polar surface area (TPSA) is 75.3 Å². The Morgan fingerprint density at radius 3 is 2.69 bits per heavy atom. The molecule has 0 saturated carbocycles. The lowest BCUT2D eigenvalue weighted by molar-refractivity contribution is -0.119. The Bertz CT molecular complexity index is 445. The van der Waals surface area contributed by atoms with E-state index in [1.807, 2.05) is 4.90 Å². The van der Waals surface area contributed by atoms with Crippen LogP contribution in [0.4, 0.5) is 5.82 Å². The molecule has 0 bridgehead atoms. The maximum atomic E-state index is 11.5. The highest BCUT2D eigenvalue weighted by Gasteiger charge is 2.21. The zero-order chi connectivity index (χ0) is 11.5. The van der Waals surface area contributed by atoms with Crippen LogP contribution >= 0.6 is 0 Å². The maximum Gasteiger partial charge on any atom is 0.295 e. The van der Waals surface area contributed by atoms with Crippen LogP contribution in [0.5, 0.6) is 5.75 Å². The number of Topliss-reactive ketones (excluding diaryl/α,β-unsaturated/α-hetero) is 1. The normalized spacial score (nSPS) is 16.3. The number of methoxy groups -OCH3 is 1. The third-order valence-corrected chi connectivity index (χ3v) is 2.62. The Kier molecular flexibility index (Phi) is 2.89. The van der Waals surface area contributed by atoms with Gasteiger partial charge in [0.05, 0.1) is 13.4 Å². The molecule has 1 fully saturated rings. The number of nitrogens with zero attached hydrogens (tertiary/aromatic N) is 2.